The van der Waals surface area contributed by atoms with Gasteiger partial charge in [0.25, 0.3) is 0 Å². The molecule has 1 fully saturated rings. The summed E-state index contributed by atoms with van der Waals surface area (Å²) in [4.78, 5) is 16.9. The fourth-order valence-corrected chi connectivity index (χ4v) is 5.42. The number of hydrogen-bond acceptors (Lipinski definition) is 6. The minimum absolute atomic E-state index is 0.0266. The van der Waals surface area contributed by atoms with Gasteiger partial charge in [0, 0.05) is 17.4 Å². The van der Waals surface area contributed by atoms with Gasteiger partial charge in [-0.25, -0.2) is 0 Å². The SMILES string of the molecule is N#CC1=C2SCN(Cc3ccco3)CN2C(=O)C[C@@H]1c1ccc(OCc2ccc(Cl)cc2)cc1. The Bertz CT molecular complexity index is 1230. The maximum atomic E-state index is 13.1. The third kappa shape index (κ3) is 4.85. The summed E-state index contributed by atoms with van der Waals surface area (Å²) in [5.41, 5.74) is 2.62. The molecule has 2 aliphatic rings. The lowest BCUT2D eigenvalue weighted by Gasteiger charge is -2.41. The first-order valence-electron chi connectivity index (χ1n) is 10.9. The number of hydrogen-bond donors (Lipinski definition) is 0. The van der Waals surface area contributed by atoms with E-state index in [1.54, 1.807) is 11.2 Å². The minimum Gasteiger partial charge on any atom is -0.489 e. The molecule has 2 aliphatic heterocycles. The van der Waals surface area contributed by atoms with Crippen LogP contribution in [0.5, 0.6) is 5.75 Å². The van der Waals surface area contributed by atoms with Crippen LogP contribution in [-0.4, -0.2) is 28.3 Å². The Morgan fingerprint density at radius 1 is 1.15 bits per heavy atom. The van der Waals surface area contributed by atoms with Gasteiger partial charge in [0.1, 0.15) is 18.1 Å². The van der Waals surface area contributed by atoms with E-state index in [-0.39, 0.29) is 18.2 Å². The first-order valence-corrected chi connectivity index (χ1v) is 12.3. The third-order valence-electron chi connectivity index (χ3n) is 5.91. The fourth-order valence-electron chi connectivity index (χ4n) is 4.16. The first kappa shape index (κ1) is 22.6. The molecule has 3 aromatic rings. The summed E-state index contributed by atoms with van der Waals surface area (Å²) in [5.74, 6) is 2.05. The second-order valence-electron chi connectivity index (χ2n) is 8.22. The van der Waals surface area contributed by atoms with Gasteiger partial charge >= 0.3 is 0 Å². The van der Waals surface area contributed by atoms with Crippen LogP contribution >= 0.6 is 23.4 Å². The van der Waals surface area contributed by atoms with E-state index in [9.17, 15) is 10.1 Å². The summed E-state index contributed by atoms with van der Waals surface area (Å²) >= 11 is 7.46. The Hall–Kier alpha value is -3.18. The topological polar surface area (TPSA) is 69.7 Å². The number of ether oxygens (including phenoxy) is 1. The number of carbonyl (C=O) groups excluding carboxylic acids is 1. The summed E-state index contributed by atoms with van der Waals surface area (Å²) in [6.45, 7) is 1.52. The largest absolute Gasteiger partial charge is 0.489 e. The molecule has 172 valence electrons. The number of amides is 1. The molecule has 3 heterocycles. The number of benzene rings is 2. The number of thioether (sulfide) groups is 1. The van der Waals surface area contributed by atoms with Crippen molar-refractivity contribution < 1.29 is 13.9 Å². The van der Waals surface area contributed by atoms with Crippen molar-refractivity contribution in [3.05, 3.63) is 99.4 Å². The monoisotopic (exact) mass is 491 g/mol. The maximum Gasteiger partial charge on any atom is 0.229 e. The van der Waals surface area contributed by atoms with Crippen molar-refractivity contribution in [3.8, 4) is 11.8 Å². The molecule has 5 rings (SSSR count). The van der Waals surface area contributed by atoms with Crippen molar-refractivity contribution in [3.63, 3.8) is 0 Å². The number of fused-ring (bicyclic) bond motifs is 1. The molecular weight excluding hydrogens is 470 g/mol. The van der Waals surface area contributed by atoms with Gasteiger partial charge in [0.15, 0.2) is 0 Å². The highest BCUT2D eigenvalue weighted by Gasteiger charge is 2.38. The van der Waals surface area contributed by atoms with E-state index in [2.05, 4.69) is 11.0 Å². The molecule has 1 aromatic heterocycles. The van der Waals surface area contributed by atoms with Crippen molar-refractivity contribution in [1.29, 1.82) is 5.26 Å². The number of halogens is 1. The Labute approximate surface area is 207 Å². The molecule has 0 bridgehead atoms. The second-order valence-corrected chi connectivity index (χ2v) is 9.59. The third-order valence-corrected chi connectivity index (χ3v) is 7.37. The average Bonchev–Trinajstić information content (AvgIpc) is 3.37. The van der Waals surface area contributed by atoms with E-state index in [0.717, 1.165) is 27.7 Å². The van der Waals surface area contributed by atoms with E-state index >= 15 is 0 Å². The number of rotatable bonds is 6. The van der Waals surface area contributed by atoms with Crippen molar-refractivity contribution in [2.45, 2.75) is 25.5 Å². The highest BCUT2D eigenvalue weighted by Crippen LogP contribution is 2.42. The van der Waals surface area contributed by atoms with Gasteiger partial charge in [-0.2, -0.15) is 5.26 Å². The van der Waals surface area contributed by atoms with Crippen molar-refractivity contribution in [2.75, 3.05) is 12.5 Å². The number of nitriles is 1. The summed E-state index contributed by atoms with van der Waals surface area (Å²) in [5, 5.41) is 11.4. The van der Waals surface area contributed by atoms with E-state index in [4.69, 9.17) is 20.8 Å². The van der Waals surface area contributed by atoms with Gasteiger partial charge in [-0.05, 0) is 47.5 Å². The van der Waals surface area contributed by atoms with E-state index in [1.807, 2.05) is 60.7 Å². The molecule has 0 unspecified atom stereocenters. The molecule has 0 spiro atoms. The molecule has 1 atom stereocenters. The smallest absolute Gasteiger partial charge is 0.229 e. The molecule has 6 nitrogen and oxygen atoms in total. The zero-order valence-corrected chi connectivity index (χ0v) is 19.9. The van der Waals surface area contributed by atoms with E-state index < -0.39 is 0 Å². The molecule has 0 N–H and O–H groups in total. The fraction of sp³-hybridized carbons (Fsp3) is 0.231. The molecule has 8 heteroatoms. The Morgan fingerprint density at radius 3 is 2.65 bits per heavy atom. The number of nitrogens with zero attached hydrogens (tertiary/aromatic N) is 3. The van der Waals surface area contributed by atoms with E-state index in [0.29, 0.717) is 36.3 Å². The first-order chi connectivity index (χ1) is 16.6. The zero-order valence-electron chi connectivity index (χ0n) is 18.3. The van der Waals surface area contributed by atoms with Gasteiger partial charge in [0.05, 0.1) is 42.0 Å². The van der Waals surface area contributed by atoms with Crippen LogP contribution in [0.15, 0.2) is 81.9 Å². The molecule has 0 aliphatic carbocycles. The molecule has 0 saturated carbocycles. The predicted molar refractivity (Wildman–Crippen MR) is 131 cm³/mol. The molecule has 0 radical (unpaired) electrons. The Morgan fingerprint density at radius 2 is 1.94 bits per heavy atom. The standard InChI is InChI=1S/C26H22ClN3O3S/c27-20-7-3-18(4-8-20)15-33-21-9-5-19(6-10-21)23-12-25(31)30-16-29(14-22-2-1-11-32-22)17-34-26(30)24(23)13-28/h1-11,23H,12,14-17H2/t23-/m1/s1. The van der Waals surface area contributed by atoms with Crippen molar-refractivity contribution >= 4 is 29.3 Å². The van der Waals surface area contributed by atoms with Crippen LogP contribution in [0.2, 0.25) is 5.02 Å². The summed E-state index contributed by atoms with van der Waals surface area (Å²) in [7, 11) is 0. The van der Waals surface area contributed by atoms with Crippen LogP contribution in [0.4, 0.5) is 0 Å². The van der Waals surface area contributed by atoms with Crippen LogP contribution in [0.25, 0.3) is 0 Å². The minimum atomic E-state index is -0.252. The van der Waals surface area contributed by atoms with Crippen LogP contribution in [0, 0.1) is 11.3 Å². The maximum absolute atomic E-state index is 13.1. The predicted octanol–water partition coefficient (Wildman–Crippen LogP) is 5.73. The highest BCUT2D eigenvalue weighted by molar-refractivity contribution is 8.03. The van der Waals surface area contributed by atoms with Gasteiger partial charge in [-0.15, -0.1) is 0 Å². The average molecular weight is 492 g/mol. The lowest BCUT2D eigenvalue weighted by molar-refractivity contribution is -0.132. The van der Waals surface area contributed by atoms with Crippen LogP contribution in [0.1, 0.15) is 29.2 Å². The Balaban J connectivity index is 1.29. The molecule has 1 amide bonds. The van der Waals surface area contributed by atoms with Crippen molar-refractivity contribution in [1.82, 2.24) is 9.80 Å². The lowest BCUT2D eigenvalue weighted by Crippen LogP contribution is -2.46. The van der Waals surface area contributed by atoms with Crippen LogP contribution < -0.4 is 4.74 Å². The second kappa shape index (κ2) is 9.98. The molecule has 1 saturated heterocycles. The Kier molecular flexibility index (Phi) is 6.63. The summed E-state index contributed by atoms with van der Waals surface area (Å²) in [6, 6.07) is 21.4. The van der Waals surface area contributed by atoms with Gasteiger partial charge < -0.3 is 9.15 Å². The molecule has 34 heavy (non-hydrogen) atoms. The summed E-state index contributed by atoms with van der Waals surface area (Å²) in [6.07, 6.45) is 1.92. The summed E-state index contributed by atoms with van der Waals surface area (Å²) < 4.78 is 11.3. The quantitative estimate of drug-likeness (QED) is 0.438. The van der Waals surface area contributed by atoms with Crippen LogP contribution in [-0.2, 0) is 17.9 Å². The van der Waals surface area contributed by atoms with Gasteiger partial charge in [-0.3, -0.25) is 14.6 Å². The normalized spacial score (nSPS) is 18.5. The zero-order chi connectivity index (χ0) is 23.5. The molecule has 2 aromatic carbocycles. The molecular formula is C26H22ClN3O3S. The lowest BCUT2D eigenvalue weighted by atomic mass is 9.86. The van der Waals surface area contributed by atoms with E-state index in [1.165, 1.54) is 11.8 Å². The van der Waals surface area contributed by atoms with Gasteiger partial charge in [0.2, 0.25) is 5.91 Å². The number of furan rings is 1. The highest BCUT2D eigenvalue weighted by atomic mass is 35.5. The van der Waals surface area contributed by atoms with Gasteiger partial charge in [-0.1, -0.05) is 47.6 Å². The number of carbonyl (C=O) groups is 1. The van der Waals surface area contributed by atoms with Crippen molar-refractivity contribution in [2.24, 2.45) is 0 Å². The van der Waals surface area contributed by atoms with Crippen LogP contribution in [0.3, 0.4) is 0 Å². The number of allylic oxidation sites excluding steroid dienone is 1.